The number of pyridine rings is 1. The highest BCUT2D eigenvalue weighted by Gasteiger charge is 2.30. The maximum atomic E-state index is 12.9. The molecule has 0 spiro atoms. The predicted octanol–water partition coefficient (Wildman–Crippen LogP) is 2.07. The van der Waals surface area contributed by atoms with Crippen LogP contribution in [0.3, 0.4) is 0 Å². The summed E-state index contributed by atoms with van der Waals surface area (Å²) >= 11 is 0. The Labute approximate surface area is 152 Å². The zero-order valence-corrected chi connectivity index (χ0v) is 15.2. The van der Waals surface area contributed by atoms with E-state index in [9.17, 15) is 4.79 Å². The zero-order valence-electron chi connectivity index (χ0n) is 15.2. The molecule has 140 valence electrons. The zero-order chi connectivity index (χ0) is 18.4. The third kappa shape index (κ3) is 4.19. The SMILES string of the molecule is CCOc1ncccc1C(=O)N1CCCC(c2nc(CCOC)no2)C1. The minimum absolute atomic E-state index is 0.0451. The van der Waals surface area contributed by atoms with Gasteiger partial charge in [0, 0.05) is 32.8 Å². The van der Waals surface area contributed by atoms with Gasteiger partial charge in [-0.2, -0.15) is 4.98 Å². The number of hydrogen-bond donors (Lipinski definition) is 0. The van der Waals surface area contributed by atoms with E-state index >= 15 is 0 Å². The van der Waals surface area contributed by atoms with Crippen LogP contribution in [0.2, 0.25) is 0 Å². The summed E-state index contributed by atoms with van der Waals surface area (Å²) in [5.74, 6) is 1.57. The molecule has 8 nitrogen and oxygen atoms in total. The van der Waals surface area contributed by atoms with Crippen molar-refractivity contribution < 1.29 is 18.8 Å². The summed E-state index contributed by atoms with van der Waals surface area (Å²) in [6.45, 7) is 4.13. The van der Waals surface area contributed by atoms with Crippen molar-refractivity contribution in [3.63, 3.8) is 0 Å². The molecule has 0 bridgehead atoms. The summed E-state index contributed by atoms with van der Waals surface area (Å²) in [5.41, 5.74) is 0.487. The fourth-order valence-corrected chi connectivity index (χ4v) is 3.07. The Morgan fingerprint density at radius 2 is 2.35 bits per heavy atom. The van der Waals surface area contributed by atoms with Crippen molar-refractivity contribution in [2.45, 2.75) is 32.1 Å². The molecule has 1 aliphatic rings. The number of rotatable bonds is 7. The second-order valence-corrected chi connectivity index (χ2v) is 6.17. The Balaban J connectivity index is 1.70. The number of ether oxygens (including phenoxy) is 2. The number of likely N-dealkylation sites (tertiary alicyclic amines) is 1. The molecule has 1 unspecified atom stereocenters. The van der Waals surface area contributed by atoms with Gasteiger partial charge in [-0.1, -0.05) is 5.16 Å². The van der Waals surface area contributed by atoms with Gasteiger partial charge in [0.1, 0.15) is 5.56 Å². The van der Waals surface area contributed by atoms with Crippen molar-refractivity contribution in [1.29, 1.82) is 0 Å². The van der Waals surface area contributed by atoms with Crippen LogP contribution in [-0.2, 0) is 11.2 Å². The van der Waals surface area contributed by atoms with Gasteiger partial charge >= 0.3 is 0 Å². The first-order valence-corrected chi connectivity index (χ1v) is 8.91. The van der Waals surface area contributed by atoms with Crippen molar-refractivity contribution in [1.82, 2.24) is 20.0 Å². The van der Waals surface area contributed by atoms with Crippen molar-refractivity contribution in [2.75, 3.05) is 33.4 Å². The Kier molecular flexibility index (Phi) is 6.17. The molecule has 0 radical (unpaired) electrons. The van der Waals surface area contributed by atoms with Gasteiger partial charge in [0.25, 0.3) is 5.91 Å². The van der Waals surface area contributed by atoms with Crippen LogP contribution in [0.15, 0.2) is 22.9 Å². The van der Waals surface area contributed by atoms with Gasteiger partial charge in [-0.3, -0.25) is 4.79 Å². The largest absolute Gasteiger partial charge is 0.477 e. The first-order chi connectivity index (χ1) is 12.7. The van der Waals surface area contributed by atoms with E-state index in [2.05, 4.69) is 15.1 Å². The predicted molar refractivity (Wildman–Crippen MR) is 93.2 cm³/mol. The maximum Gasteiger partial charge on any atom is 0.259 e. The molecule has 0 N–H and O–H groups in total. The lowest BCUT2D eigenvalue weighted by molar-refractivity contribution is 0.0690. The molecule has 26 heavy (non-hydrogen) atoms. The molecular weight excluding hydrogens is 336 g/mol. The average Bonchev–Trinajstić information content (AvgIpc) is 3.16. The number of carbonyl (C=O) groups is 1. The van der Waals surface area contributed by atoms with Crippen molar-refractivity contribution in [3.8, 4) is 5.88 Å². The summed E-state index contributed by atoms with van der Waals surface area (Å²) in [6.07, 6.45) is 4.04. The van der Waals surface area contributed by atoms with E-state index in [0.29, 0.717) is 55.9 Å². The highest BCUT2D eigenvalue weighted by atomic mass is 16.5. The summed E-state index contributed by atoms with van der Waals surface area (Å²) in [4.78, 5) is 23.4. The van der Waals surface area contributed by atoms with E-state index in [-0.39, 0.29) is 11.8 Å². The molecule has 2 aromatic rings. The van der Waals surface area contributed by atoms with E-state index in [4.69, 9.17) is 14.0 Å². The third-order valence-electron chi connectivity index (χ3n) is 4.35. The first kappa shape index (κ1) is 18.3. The topological polar surface area (TPSA) is 90.6 Å². The van der Waals surface area contributed by atoms with Crippen LogP contribution in [0.1, 0.15) is 47.8 Å². The molecule has 1 fully saturated rings. The smallest absolute Gasteiger partial charge is 0.259 e. The van der Waals surface area contributed by atoms with Gasteiger partial charge < -0.3 is 18.9 Å². The average molecular weight is 360 g/mol. The van der Waals surface area contributed by atoms with Gasteiger partial charge in [-0.05, 0) is 31.9 Å². The minimum atomic E-state index is -0.0784. The second kappa shape index (κ2) is 8.75. The van der Waals surface area contributed by atoms with Crippen LogP contribution >= 0.6 is 0 Å². The summed E-state index contributed by atoms with van der Waals surface area (Å²) < 4.78 is 15.9. The van der Waals surface area contributed by atoms with E-state index in [1.807, 2.05) is 11.8 Å². The molecule has 1 aliphatic heterocycles. The molecule has 0 aromatic carbocycles. The highest BCUT2D eigenvalue weighted by molar-refractivity contribution is 5.96. The Bertz CT molecular complexity index is 733. The third-order valence-corrected chi connectivity index (χ3v) is 4.35. The number of aromatic nitrogens is 3. The van der Waals surface area contributed by atoms with Gasteiger partial charge in [0.05, 0.1) is 19.1 Å². The molecule has 3 heterocycles. The lowest BCUT2D eigenvalue weighted by Crippen LogP contribution is -2.39. The number of amides is 1. The quantitative estimate of drug-likeness (QED) is 0.746. The van der Waals surface area contributed by atoms with Gasteiger partial charge in [-0.15, -0.1) is 0 Å². The lowest BCUT2D eigenvalue weighted by Gasteiger charge is -2.31. The summed E-state index contributed by atoms with van der Waals surface area (Å²) in [6, 6.07) is 3.50. The van der Waals surface area contributed by atoms with E-state index in [1.54, 1.807) is 25.4 Å². The van der Waals surface area contributed by atoms with Crippen LogP contribution in [0, 0.1) is 0 Å². The molecule has 0 saturated carbocycles. The van der Waals surface area contributed by atoms with Crippen LogP contribution < -0.4 is 4.74 Å². The molecule has 8 heteroatoms. The van der Waals surface area contributed by atoms with Crippen LogP contribution in [-0.4, -0.2) is 59.3 Å². The van der Waals surface area contributed by atoms with Crippen molar-refractivity contribution in [3.05, 3.63) is 35.6 Å². The molecule has 1 atom stereocenters. The number of piperidine rings is 1. The molecule has 3 rings (SSSR count). The van der Waals surface area contributed by atoms with E-state index < -0.39 is 0 Å². The summed E-state index contributed by atoms with van der Waals surface area (Å²) in [5, 5.41) is 4.00. The monoisotopic (exact) mass is 360 g/mol. The van der Waals surface area contributed by atoms with Gasteiger partial charge in [0.15, 0.2) is 5.82 Å². The number of methoxy groups -OCH3 is 1. The molecular formula is C18H24N4O4. The second-order valence-electron chi connectivity index (χ2n) is 6.17. The minimum Gasteiger partial charge on any atom is -0.477 e. The molecule has 1 amide bonds. The number of hydrogen-bond acceptors (Lipinski definition) is 7. The Morgan fingerprint density at radius 1 is 1.46 bits per heavy atom. The normalized spacial score (nSPS) is 17.3. The summed E-state index contributed by atoms with van der Waals surface area (Å²) in [7, 11) is 1.64. The fraction of sp³-hybridized carbons (Fsp3) is 0.556. The van der Waals surface area contributed by atoms with Crippen LogP contribution in [0.5, 0.6) is 5.88 Å². The lowest BCUT2D eigenvalue weighted by atomic mass is 9.97. The van der Waals surface area contributed by atoms with Crippen molar-refractivity contribution >= 4 is 5.91 Å². The fourth-order valence-electron chi connectivity index (χ4n) is 3.07. The number of nitrogens with zero attached hydrogens (tertiary/aromatic N) is 4. The van der Waals surface area contributed by atoms with E-state index in [0.717, 1.165) is 12.8 Å². The molecule has 1 saturated heterocycles. The van der Waals surface area contributed by atoms with Gasteiger partial charge in [0.2, 0.25) is 11.8 Å². The maximum absolute atomic E-state index is 12.9. The number of carbonyl (C=O) groups excluding carboxylic acids is 1. The highest BCUT2D eigenvalue weighted by Crippen LogP contribution is 2.28. The van der Waals surface area contributed by atoms with Crippen molar-refractivity contribution in [2.24, 2.45) is 0 Å². The van der Waals surface area contributed by atoms with E-state index in [1.165, 1.54) is 0 Å². The Morgan fingerprint density at radius 3 is 3.15 bits per heavy atom. The first-order valence-electron chi connectivity index (χ1n) is 8.91. The molecule has 2 aromatic heterocycles. The van der Waals surface area contributed by atoms with Crippen LogP contribution in [0.4, 0.5) is 0 Å². The Hall–Kier alpha value is -2.48. The standard InChI is InChI=1S/C18H24N4O4/c1-3-25-17-14(7-4-9-19-17)18(23)22-10-5-6-13(12-22)16-20-15(21-26-16)8-11-24-2/h4,7,9,13H,3,5-6,8,10-12H2,1-2H3. The van der Waals surface area contributed by atoms with Crippen LogP contribution in [0.25, 0.3) is 0 Å². The van der Waals surface area contributed by atoms with Gasteiger partial charge in [-0.25, -0.2) is 4.98 Å². The molecule has 0 aliphatic carbocycles.